The molecule has 1 aliphatic carbocycles. The van der Waals surface area contributed by atoms with Crippen LogP contribution in [0.4, 0.5) is 0 Å². The molecule has 4 heteroatoms. The second-order valence-electron chi connectivity index (χ2n) is 4.18. The van der Waals surface area contributed by atoms with Crippen LogP contribution in [0.3, 0.4) is 0 Å². The smallest absolute Gasteiger partial charge is 0.170 e. The third-order valence-electron chi connectivity index (χ3n) is 3.06. The highest BCUT2D eigenvalue weighted by molar-refractivity contribution is 5.06. The number of nitrogens with one attached hydrogen (secondary N) is 1. The number of hydrogen-bond acceptors (Lipinski definition) is 3. The molecule has 1 saturated carbocycles. The molecular formula is C10H18N4. The SMILES string of the molecule is CCc1nc(C2(N)CCCCC2)n[nH]1. The van der Waals surface area contributed by atoms with Crippen LogP contribution in [-0.4, -0.2) is 15.2 Å². The Morgan fingerprint density at radius 3 is 2.64 bits per heavy atom. The molecule has 1 aromatic heterocycles. The van der Waals surface area contributed by atoms with Gasteiger partial charge in [-0.3, -0.25) is 5.10 Å². The van der Waals surface area contributed by atoms with Crippen molar-refractivity contribution in [3.63, 3.8) is 0 Å². The van der Waals surface area contributed by atoms with Crippen molar-refractivity contribution in [2.75, 3.05) is 0 Å². The molecule has 1 aromatic rings. The number of hydrogen-bond donors (Lipinski definition) is 2. The molecule has 0 saturated heterocycles. The van der Waals surface area contributed by atoms with Crippen LogP contribution in [-0.2, 0) is 12.0 Å². The number of rotatable bonds is 2. The summed E-state index contributed by atoms with van der Waals surface area (Å²) in [5.41, 5.74) is 6.04. The summed E-state index contributed by atoms with van der Waals surface area (Å²) in [6.07, 6.45) is 6.63. The Morgan fingerprint density at radius 1 is 1.36 bits per heavy atom. The molecule has 0 atom stereocenters. The van der Waals surface area contributed by atoms with Gasteiger partial charge in [-0.25, -0.2) is 4.98 Å². The summed E-state index contributed by atoms with van der Waals surface area (Å²) in [7, 11) is 0. The van der Waals surface area contributed by atoms with E-state index in [9.17, 15) is 0 Å². The van der Waals surface area contributed by atoms with Crippen molar-refractivity contribution in [3.05, 3.63) is 11.6 Å². The van der Waals surface area contributed by atoms with E-state index in [-0.39, 0.29) is 5.54 Å². The quantitative estimate of drug-likeness (QED) is 0.749. The van der Waals surface area contributed by atoms with E-state index >= 15 is 0 Å². The zero-order valence-corrected chi connectivity index (χ0v) is 8.71. The average molecular weight is 194 g/mol. The largest absolute Gasteiger partial charge is 0.319 e. The lowest BCUT2D eigenvalue weighted by Crippen LogP contribution is -2.39. The standard InChI is InChI=1S/C10H18N4/c1-2-8-12-9(14-13-8)10(11)6-4-3-5-7-10/h2-7,11H2,1H3,(H,12,13,14). The van der Waals surface area contributed by atoms with Crippen LogP contribution in [0.5, 0.6) is 0 Å². The third-order valence-corrected chi connectivity index (χ3v) is 3.06. The van der Waals surface area contributed by atoms with Gasteiger partial charge in [0, 0.05) is 6.42 Å². The van der Waals surface area contributed by atoms with E-state index in [1.807, 2.05) is 0 Å². The second-order valence-corrected chi connectivity index (χ2v) is 4.18. The van der Waals surface area contributed by atoms with Crippen LogP contribution >= 0.6 is 0 Å². The van der Waals surface area contributed by atoms with E-state index in [1.165, 1.54) is 19.3 Å². The number of aromatic nitrogens is 3. The van der Waals surface area contributed by atoms with Gasteiger partial charge in [0.15, 0.2) is 5.82 Å². The molecule has 0 aromatic carbocycles. The highest BCUT2D eigenvalue weighted by Crippen LogP contribution is 2.32. The van der Waals surface area contributed by atoms with Crippen molar-refractivity contribution < 1.29 is 0 Å². The number of nitrogens with two attached hydrogens (primary N) is 1. The van der Waals surface area contributed by atoms with Crippen molar-refractivity contribution in [3.8, 4) is 0 Å². The van der Waals surface area contributed by atoms with Crippen molar-refractivity contribution >= 4 is 0 Å². The first-order valence-corrected chi connectivity index (χ1v) is 5.45. The molecular weight excluding hydrogens is 176 g/mol. The number of aryl methyl sites for hydroxylation is 1. The summed E-state index contributed by atoms with van der Waals surface area (Å²) in [6.45, 7) is 2.06. The monoisotopic (exact) mass is 194 g/mol. The predicted molar refractivity (Wildman–Crippen MR) is 54.7 cm³/mol. The third kappa shape index (κ3) is 1.66. The Labute approximate surface area is 84.3 Å². The lowest BCUT2D eigenvalue weighted by atomic mass is 9.82. The molecule has 14 heavy (non-hydrogen) atoms. The molecule has 0 aliphatic heterocycles. The van der Waals surface area contributed by atoms with Crippen LogP contribution < -0.4 is 5.73 Å². The molecule has 1 heterocycles. The molecule has 78 valence electrons. The Kier molecular flexibility index (Phi) is 2.54. The van der Waals surface area contributed by atoms with Gasteiger partial charge in [-0.05, 0) is 12.8 Å². The van der Waals surface area contributed by atoms with E-state index in [4.69, 9.17) is 5.73 Å². The average Bonchev–Trinajstić information content (AvgIpc) is 2.67. The van der Waals surface area contributed by atoms with Gasteiger partial charge in [0.05, 0.1) is 5.54 Å². The number of aromatic amines is 1. The minimum Gasteiger partial charge on any atom is -0.319 e. The van der Waals surface area contributed by atoms with E-state index in [2.05, 4.69) is 22.1 Å². The summed E-state index contributed by atoms with van der Waals surface area (Å²) in [4.78, 5) is 4.43. The van der Waals surface area contributed by atoms with Gasteiger partial charge in [-0.1, -0.05) is 26.2 Å². The summed E-state index contributed by atoms with van der Waals surface area (Å²) in [5.74, 6) is 1.75. The molecule has 0 amide bonds. The minimum absolute atomic E-state index is 0.262. The van der Waals surface area contributed by atoms with Crippen LogP contribution in [0, 0.1) is 0 Å². The zero-order chi connectivity index (χ0) is 10.0. The highest BCUT2D eigenvalue weighted by Gasteiger charge is 2.33. The molecule has 0 radical (unpaired) electrons. The Hall–Kier alpha value is -0.900. The fraction of sp³-hybridized carbons (Fsp3) is 0.800. The second kappa shape index (κ2) is 3.69. The van der Waals surface area contributed by atoms with Gasteiger partial charge in [0.1, 0.15) is 5.82 Å². The van der Waals surface area contributed by atoms with Crippen LogP contribution in [0.15, 0.2) is 0 Å². The van der Waals surface area contributed by atoms with Gasteiger partial charge >= 0.3 is 0 Å². The maximum atomic E-state index is 6.30. The number of H-pyrrole nitrogens is 1. The van der Waals surface area contributed by atoms with Crippen LogP contribution in [0.1, 0.15) is 50.7 Å². The summed E-state index contributed by atoms with van der Waals surface area (Å²) >= 11 is 0. The Bertz CT molecular complexity index is 299. The highest BCUT2D eigenvalue weighted by atomic mass is 15.2. The van der Waals surface area contributed by atoms with E-state index in [0.717, 1.165) is 30.9 Å². The van der Waals surface area contributed by atoms with Crippen molar-refractivity contribution in [2.45, 2.75) is 51.0 Å². The molecule has 1 aliphatic rings. The molecule has 1 fully saturated rings. The first-order chi connectivity index (χ1) is 6.74. The van der Waals surface area contributed by atoms with Crippen molar-refractivity contribution in [2.24, 2.45) is 5.73 Å². The molecule has 3 N–H and O–H groups in total. The van der Waals surface area contributed by atoms with E-state index in [0.29, 0.717) is 0 Å². The summed E-state index contributed by atoms with van der Waals surface area (Å²) in [5, 5.41) is 7.16. The van der Waals surface area contributed by atoms with Gasteiger partial charge in [-0.15, -0.1) is 0 Å². The Balaban J connectivity index is 2.19. The maximum absolute atomic E-state index is 6.30. The lowest BCUT2D eigenvalue weighted by Gasteiger charge is -2.30. The van der Waals surface area contributed by atoms with Gasteiger partial charge in [0.2, 0.25) is 0 Å². The molecule has 2 rings (SSSR count). The molecule has 4 nitrogen and oxygen atoms in total. The lowest BCUT2D eigenvalue weighted by molar-refractivity contribution is 0.287. The fourth-order valence-corrected chi connectivity index (χ4v) is 2.08. The van der Waals surface area contributed by atoms with Gasteiger partial charge < -0.3 is 5.73 Å². The summed E-state index contributed by atoms with van der Waals surface area (Å²) in [6, 6.07) is 0. The fourth-order valence-electron chi connectivity index (χ4n) is 2.08. The maximum Gasteiger partial charge on any atom is 0.170 e. The first-order valence-electron chi connectivity index (χ1n) is 5.45. The van der Waals surface area contributed by atoms with E-state index < -0.39 is 0 Å². The van der Waals surface area contributed by atoms with Gasteiger partial charge in [0.25, 0.3) is 0 Å². The Morgan fingerprint density at radius 2 is 2.07 bits per heavy atom. The normalized spacial score (nSPS) is 21.0. The van der Waals surface area contributed by atoms with Crippen LogP contribution in [0.25, 0.3) is 0 Å². The van der Waals surface area contributed by atoms with Crippen molar-refractivity contribution in [1.29, 1.82) is 0 Å². The van der Waals surface area contributed by atoms with Crippen LogP contribution in [0.2, 0.25) is 0 Å². The van der Waals surface area contributed by atoms with Gasteiger partial charge in [-0.2, -0.15) is 5.10 Å². The number of nitrogens with zero attached hydrogens (tertiary/aromatic N) is 2. The predicted octanol–water partition coefficient (Wildman–Crippen LogP) is 1.49. The summed E-state index contributed by atoms with van der Waals surface area (Å²) < 4.78 is 0. The zero-order valence-electron chi connectivity index (χ0n) is 8.71. The van der Waals surface area contributed by atoms with Crippen molar-refractivity contribution in [1.82, 2.24) is 15.2 Å². The molecule has 0 bridgehead atoms. The minimum atomic E-state index is -0.262. The topological polar surface area (TPSA) is 67.6 Å². The van der Waals surface area contributed by atoms with E-state index in [1.54, 1.807) is 0 Å². The first kappa shape index (κ1) is 9.65. The molecule has 0 spiro atoms. The molecule has 0 unspecified atom stereocenters.